The Morgan fingerprint density at radius 1 is 0.438 bits per heavy atom. The second-order valence-corrected chi connectivity index (χ2v) is 18.6. The van der Waals surface area contributed by atoms with Crippen molar-refractivity contribution in [2.24, 2.45) is 0 Å². The molecule has 2 heteroatoms. The maximum atomic E-state index is 6.38. The summed E-state index contributed by atoms with van der Waals surface area (Å²) in [4.78, 5) is 0. The standard InChI is InChI=1S/C34H26O.C20H18.C15H16O.C2H6/c1-21-8-3-4-9-26(21)32-22(2)14-15-24-18-16-23-17-19-25(20-30(23)33(24)32)27-11-7-12-29-28-10-5-6-13-31(28)35-34(27)29;1-2-16-11-13-18(14-12-16)20-10-6-9-19(15-20)17-7-4-3-5-8-17;1-4-6-7-13-11(3)16-15-10-12(5-2)8-9-14(13)15;1-2/h3-15,17,19-20H,16,18H2,1-2H3;3-15H,2H2,1H3;4,6-10H,1,5H2,2-3H3;1-2H3/b;;7-6-;. The van der Waals surface area contributed by atoms with Gasteiger partial charge in [-0.05, 0) is 154 Å². The summed E-state index contributed by atoms with van der Waals surface area (Å²) in [6.45, 7) is 18.5. The fraction of sp³-hybridized carbons (Fsp3) is 0.155. The van der Waals surface area contributed by atoms with Crippen LogP contribution in [0.1, 0.15) is 72.4 Å². The molecule has 0 fully saturated rings. The van der Waals surface area contributed by atoms with E-state index in [0.717, 1.165) is 59.3 Å². The molecule has 2 heterocycles. The molecule has 0 spiro atoms. The van der Waals surface area contributed by atoms with Crippen LogP contribution < -0.4 is 0 Å². The summed E-state index contributed by atoms with van der Waals surface area (Å²) in [5, 5.41) is 3.52. The molecular weight excluding hydrogens is 885 g/mol. The van der Waals surface area contributed by atoms with E-state index in [4.69, 9.17) is 8.83 Å². The molecule has 11 aromatic rings. The molecule has 0 saturated carbocycles. The summed E-state index contributed by atoms with van der Waals surface area (Å²) >= 11 is 0. The average Bonchev–Trinajstić information content (AvgIpc) is 3.99. The molecular formula is C71H66O2. The highest BCUT2D eigenvalue weighted by Gasteiger charge is 2.23. The molecule has 0 bridgehead atoms. The fourth-order valence-electron chi connectivity index (χ4n) is 10.2. The lowest BCUT2D eigenvalue weighted by molar-refractivity contribution is 0.577. The maximum absolute atomic E-state index is 6.38. The van der Waals surface area contributed by atoms with Crippen LogP contribution in [0.15, 0.2) is 222 Å². The van der Waals surface area contributed by atoms with Crippen LogP contribution in [0.5, 0.6) is 0 Å². The van der Waals surface area contributed by atoms with Crippen molar-refractivity contribution in [1.82, 2.24) is 0 Å². The Bertz CT molecular complexity index is 3710. The Hall–Kier alpha value is -8.20. The third-order valence-electron chi connectivity index (χ3n) is 14.1. The van der Waals surface area contributed by atoms with Gasteiger partial charge in [0, 0.05) is 27.3 Å². The zero-order valence-corrected chi connectivity index (χ0v) is 43.6. The fourth-order valence-corrected chi connectivity index (χ4v) is 10.2. The Morgan fingerprint density at radius 2 is 1.05 bits per heavy atom. The molecule has 0 saturated heterocycles. The van der Waals surface area contributed by atoms with Crippen molar-refractivity contribution in [3.8, 4) is 55.6 Å². The summed E-state index contributed by atoms with van der Waals surface area (Å²) in [6, 6.07) is 69.7. The molecule has 2 nitrogen and oxygen atoms in total. The molecule has 9 aromatic carbocycles. The van der Waals surface area contributed by atoms with E-state index in [1.54, 1.807) is 6.08 Å². The van der Waals surface area contributed by atoms with Gasteiger partial charge in [0.15, 0.2) is 0 Å². The highest BCUT2D eigenvalue weighted by Crippen LogP contribution is 2.45. The van der Waals surface area contributed by atoms with Crippen molar-refractivity contribution in [2.75, 3.05) is 0 Å². The van der Waals surface area contributed by atoms with Gasteiger partial charge in [0.2, 0.25) is 0 Å². The Balaban J connectivity index is 0.000000146. The first kappa shape index (κ1) is 49.8. The zero-order chi connectivity index (χ0) is 50.8. The minimum Gasteiger partial charge on any atom is -0.461 e. The van der Waals surface area contributed by atoms with Gasteiger partial charge in [0.25, 0.3) is 0 Å². The number of benzene rings is 9. The minimum absolute atomic E-state index is 0.940. The van der Waals surface area contributed by atoms with E-state index in [9.17, 15) is 0 Å². The summed E-state index contributed by atoms with van der Waals surface area (Å²) in [6.07, 6.45) is 10.0. The second kappa shape index (κ2) is 22.9. The van der Waals surface area contributed by atoms with Crippen LogP contribution in [0.4, 0.5) is 0 Å². The van der Waals surface area contributed by atoms with Gasteiger partial charge < -0.3 is 8.83 Å². The molecule has 0 radical (unpaired) electrons. The Labute approximate surface area is 433 Å². The van der Waals surface area contributed by atoms with Crippen molar-refractivity contribution in [3.05, 3.63) is 258 Å². The molecule has 1 aliphatic rings. The number of para-hydroxylation sites is 2. The molecule has 0 unspecified atom stereocenters. The third kappa shape index (κ3) is 10.6. The van der Waals surface area contributed by atoms with E-state index in [1.165, 1.54) is 99.6 Å². The van der Waals surface area contributed by atoms with Crippen LogP contribution in [-0.4, -0.2) is 0 Å². The first-order chi connectivity index (χ1) is 35.8. The molecule has 2 aromatic heterocycles. The number of furan rings is 2. The molecule has 0 amide bonds. The summed E-state index contributed by atoms with van der Waals surface area (Å²) in [7, 11) is 0. The molecule has 12 rings (SSSR count). The lowest BCUT2D eigenvalue weighted by Crippen LogP contribution is -2.07. The maximum Gasteiger partial charge on any atom is 0.143 e. The van der Waals surface area contributed by atoms with Crippen molar-refractivity contribution in [1.29, 1.82) is 0 Å². The molecule has 0 N–H and O–H groups in total. The number of hydrogen-bond acceptors (Lipinski definition) is 2. The number of allylic oxidation sites excluding steroid dienone is 2. The van der Waals surface area contributed by atoms with Gasteiger partial charge in [-0.1, -0.05) is 222 Å². The van der Waals surface area contributed by atoms with Crippen LogP contribution in [-0.2, 0) is 25.7 Å². The number of rotatable bonds is 8. The van der Waals surface area contributed by atoms with Gasteiger partial charge in [-0.25, -0.2) is 0 Å². The van der Waals surface area contributed by atoms with Crippen LogP contribution in [0.2, 0.25) is 0 Å². The minimum atomic E-state index is 0.940. The van der Waals surface area contributed by atoms with Crippen LogP contribution in [0.3, 0.4) is 0 Å². The van der Waals surface area contributed by atoms with Crippen LogP contribution in [0, 0.1) is 20.8 Å². The molecule has 73 heavy (non-hydrogen) atoms. The quantitative estimate of drug-likeness (QED) is 0.142. The zero-order valence-electron chi connectivity index (χ0n) is 43.6. The lowest BCUT2D eigenvalue weighted by atomic mass is 9.78. The van der Waals surface area contributed by atoms with Gasteiger partial charge in [-0.2, -0.15) is 0 Å². The lowest BCUT2D eigenvalue weighted by Gasteiger charge is -2.26. The SMILES string of the molecule is C=C/C=C\c1c(C)oc2cc(CC)ccc12.CC.CCc1ccc(-c2cccc(-c3ccccc3)c2)cc1.Cc1ccccc1-c1c(C)ccc2c1-c1cc(-c3cccc4c3oc3ccccc34)ccc1CC2. The van der Waals surface area contributed by atoms with Crippen molar-refractivity contribution in [2.45, 2.75) is 74.1 Å². The molecule has 0 atom stereocenters. The van der Waals surface area contributed by atoms with Gasteiger partial charge in [-0.15, -0.1) is 0 Å². The van der Waals surface area contributed by atoms with Gasteiger partial charge in [0.1, 0.15) is 22.5 Å². The first-order valence-electron chi connectivity index (χ1n) is 26.1. The number of fused-ring (bicyclic) bond motifs is 7. The van der Waals surface area contributed by atoms with E-state index in [-0.39, 0.29) is 0 Å². The Kier molecular flexibility index (Phi) is 15.6. The predicted octanol–water partition coefficient (Wildman–Crippen LogP) is 20.4. The smallest absolute Gasteiger partial charge is 0.143 e. The third-order valence-corrected chi connectivity index (χ3v) is 14.1. The van der Waals surface area contributed by atoms with Crippen molar-refractivity contribution in [3.63, 3.8) is 0 Å². The second-order valence-electron chi connectivity index (χ2n) is 18.6. The van der Waals surface area contributed by atoms with Crippen LogP contribution >= 0.6 is 0 Å². The summed E-state index contributed by atoms with van der Waals surface area (Å²) in [5.74, 6) is 0.960. The van der Waals surface area contributed by atoms with Crippen LogP contribution in [0.25, 0.3) is 94.6 Å². The van der Waals surface area contributed by atoms with Crippen molar-refractivity contribution >= 4 is 39.0 Å². The summed E-state index contributed by atoms with van der Waals surface area (Å²) < 4.78 is 12.1. The monoisotopic (exact) mass is 951 g/mol. The van der Waals surface area contributed by atoms with Gasteiger partial charge in [0.05, 0.1) is 0 Å². The van der Waals surface area contributed by atoms with E-state index in [1.807, 2.05) is 39.0 Å². The normalized spacial score (nSPS) is 11.5. The largest absolute Gasteiger partial charge is 0.461 e. The van der Waals surface area contributed by atoms with Gasteiger partial charge in [-0.3, -0.25) is 0 Å². The molecule has 362 valence electrons. The van der Waals surface area contributed by atoms with Gasteiger partial charge >= 0.3 is 0 Å². The number of aryl methyl sites for hydroxylation is 7. The highest BCUT2D eigenvalue weighted by atomic mass is 16.3. The number of hydrogen-bond donors (Lipinski definition) is 0. The van der Waals surface area contributed by atoms with E-state index in [2.05, 4.69) is 222 Å². The van der Waals surface area contributed by atoms with E-state index >= 15 is 0 Å². The topological polar surface area (TPSA) is 26.3 Å². The van der Waals surface area contributed by atoms with Crippen molar-refractivity contribution < 1.29 is 8.83 Å². The highest BCUT2D eigenvalue weighted by molar-refractivity contribution is 6.10. The summed E-state index contributed by atoms with van der Waals surface area (Å²) in [5.41, 5.74) is 25.1. The molecule has 1 aliphatic carbocycles. The predicted molar refractivity (Wildman–Crippen MR) is 315 cm³/mol. The Morgan fingerprint density at radius 3 is 1.81 bits per heavy atom. The van der Waals surface area contributed by atoms with E-state index < -0.39 is 0 Å². The first-order valence-corrected chi connectivity index (χ1v) is 26.1. The average molecular weight is 951 g/mol. The van der Waals surface area contributed by atoms with E-state index in [0.29, 0.717) is 0 Å². The molecule has 0 aliphatic heterocycles.